The first-order valence-electron chi connectivity index (χ1n) is 13.3. The van der Waals surface area contributed by atoms with E-state index in [1.807, 2.05) is 83.7 Å². The average molecular weight is 603 g/mol. The highest BCUT2D eigenvalue weighted by Gasteiger charge is 2.23. The van der Waals surface area contributed by atoms with Gasteiger partial charge in [0, 0.05) is 41.2 Å². The fraction of sp³-hybridized carbons (Fsp3) is 0.188. The summed E-state index contributed by atoms with van der Waals surface area (Å²) < 4.78 is 13.4. The fourth-order valence-corrected chi connectivity index (χ4v) is 5.62. The van der Waals surface area contributed by atoms with Gasteiger partial charge in [-0.05, 0) is 48.5 Å². The van der Waals surface area contributed by atoms with Gasteiger partial charge in [0.1, 0.15) is 11.5 Å². The van der Waals surface area contributed by atoms with Gasteiger partial charge in [-0.15, -0.1) is 11.3 Å². The van der Waals surface area contributed by atoms with E-state index in [1.165, 1.54) is 11.3 Å². The second kappa shape index (κ2) is 13.6. The average Bonchev–Trinajstić information content (AvgIpc) is 3.66. The van der Waals surface area contributed by atoms with E-state index in [0.717, 1.165) is 33.8 Å². The van der Waals surface area contributed by atoms with E-state index in [0.29, 0.717) is 40.3 Å². The monoisotopic (exact) mass is 602 g/mol. The molecule has 1 amide bonds. The number of benzene rings is 3. The van der Waals surface area contributed by atoms with E-state index in [2.05, 4.69) is 5.32 Å². The minimum Gasteiger partial charge on any atom is -0.497 e. The summed E-state index contributed by atoms with van der Waals surface area (Å²) in [6.07, 6.45) is 1.96. The molecule has 0 aliphatic rings. The summed E-state index contributed by atoms with van der Waals surface area (Å²) in [5.41, 5.74) is 5.22. The van der Waals surface area contributed by atoms with Crippen LogP contribution in [0.1, 0.15) is 20.8 Å². The number of aliphatic hydroxyl groups is 1. The van der Waals surface area contributed by atoms with Crippen molar-refractivity contribution in [1.82, 2.24) is 14.7 Å². The Hall–Kier alpha value is -4.31. The number of carbonyl (C=O) groups excluding carboxylic acids is 1. The topological polar surface area (TPSA) is 88.9 Å². The number of rotatable bonds is 12. The second-order valence-electron chi connectivity index (χ2n) is 9.45. The van der Waals surface area contributed by atoms with Gasteiger partial charge in [-0.3, -0.25) is 4.79 Å². The van der Waals surface area contributed by atoms with Crippen LogP contribution in [0.25, 0.3) is 16.9 Å². The van der Waals surface area contributed by atoms with Crippen LogP contribution in [-0.2, 0) is 13.1 Å². The van der Waals surface area contributed by atoms with Crippen molar-refractivity contribution in [3.05, 3.63) is 111 Å². The standard InChI is InChI=1S/C32H31ClN4O4S/c1-40-27-13-8-23(28(18-27)41-2)19-36(32(39)29-14-15-30(33)42-29)20-24-21-37(35-31(24)22-6-4-3-5-7-22)26-11-9-25(10-12-26)34-16-17-38/h3-15,18,21,34,38H,16-17,19-20H2,1-2H3. The first-order valence-corrected chi connectivity index (χ1v) is 14.5. The Morgan fingerprint density at radius 1 is 0.976 bits per heavy atom. The maximum atomic E-state index is 13.9. The minimum absolute atomic E-state index is 0.0556. The van der Waals surface area contributed by atoms with E-state index in [9.17, 15) is 4.79 Å². The van der Waals surface area contributed by atoms with Crippen molar-refractivity contribution in [2.45, 2.75) is 13.1 Å². The molecule has 2 heterocycles. The van der Waals surface area contributed by atoms with E-state index in [-0.39, 0.29) is 12.5 Å². The van der Waals surface area contributed by atoms with E-state index < -0.39 is 0 Å². The predicted octanol–water partition coefficient (Wildman–Crippen LogP) is 6.52. The van der Waals surface area contributed by atoms with Crippen molar-refractivity contribution in [1.29, 1.82) is 0 Å². The minimum atomic E-state index is -0.143. The summed E-state index contributed by atoms with van der Waals surface area (Å²) in [6.45, 7) is 1.12. The van der Waals surface area contributed by atoms with Crippen LogP contribution in [0.2, 0.25) is 4.34 Å². The molecule has 0 aliphatic carbocycles. The summed E-state index contributed by atoms with van der Waals surface area (Å²) in [6, 6.07) is 26.8. The Labute approximate surface area is 253 Å². The molecule has 5 rings (SSSR count). The summed E-state index contributed by atoms with van der Waals surface area (Å²) in [5.74, 6) is 1.16. The molecule has 0 atom stereocenters. The van der Waals surface area contributed by atoms with Gasteiger partial charge in [0.2, 0.25) is 0 Å². The van der Waals surface area contributed by atoms with Crippen LogP contribution in [0.4, 0.5) is 5.69 Å². The quantitative estimate of drug-likeness (QED) is 0.169. The lowest BCUT2D eigenvalue weighted by molar-refractivity contribution is 0.0734. The number of nitrogens with zero attached hydrogens (tertiary/aromatic N) is 3. The van der Waals surface area contributed by atoms with Crippen molar-refractivity contribution < 1.29 is 19.4 Å². The molecule has 42 heavy (non-hydrogen) atoms. The van der Waals surface area contributed by atoms with E-state index >= 15 is 0 Å². The van der Waals surface area contributed by atoms with Crippen LogP contribution in [0, 0.1) is 0 Å². The van der Waals surface area contributed by atoms with Gasteiger partial charge in [0.25, 0.3) is 5.91 Å². The Morgan fingerprint density at radius 2 is 1.74 bits per heavy atom. The number of hydrogen-bond acceptors (Lipinski definition) is 7. The number of halogens is 1. The number of aromatic nitrogens is 2. The number of ether oxygens (including phenoxy) is 2. The van der Waals surface area contributed by atoms with Crippen LogP contribution < -0.4 is 14.8 Å². The number of aliphatic hydroxyl groups excluding tert-OH is 1. The lowest BCUT2D eigenvalue weighted by Crippen LogP contribution is -2.29. The summed E-state index contributed by atoms with van der Waals surface area (Å²) >= 11 is 7.46. The molecular formula is C32H31ClN4O4S. The number of methoxy groups -OCH3 is 2. The Morgan fingerprint density at radius 3 is 2.40 bits per heavy atom. The van der Waals surface area contributed by atoms with Crippen molar-refractivity contribution in [3.63, 3.8) is 0 Å². The van der Waals surface area contributed by atoms with Crippen molar-refractivity contribution in [2.75, 3.05) is 32.7 Å². The molecule has 5 aromatic rings. The molecule has 0 unspecified atom stereocenters. The van der Waals surface area contributed by atoms with Crippen molar-refractivity contribution in [2.24, 2.45) is 0 Å². The van der Waals surface area contributed by atoms with Gasteiger partial charge >= 0.3 is 0 Å². The summed E-state index contributed by atoms with van der Waals surface area (Å²) in [5, 5.41) is 17.2. The first kappa shape index (κ1) is 29.2. The van der Waals surface area contributed by atoms with Crippen molar-refractivity contribution >= 4 is 34.5 Å². The lowest BCUT2D eigenvalue weighted by Gasteiger charge is -2.23. The zero-order chi connectivity index (χ0) is 29.5. The molecule has 0 saturated carbocycles. The predicted molar refractivity (Wildman–Crippen MR) is 167 cm³/mol. The molecule has 0 spiro atoms. The van der Waals surface area contributed by atoms with Crippen LogP contribution in [-0.4, -0.2) is 53.1 Å². The molecule has 3 aromatic carbocycles. The van der Waals surface area contributed by atoms with Crippen LogP contribution in [0.5, 0.6) is 11.5 Å². The second-order valence-corrected chi connectivity index (χ2v) is 11.2. The highest BCUT2D eigenvalue weighted by molar-refractivity contribution is 7.17. The molecule has 216 valence electrons. The Balaban J connectivity index is 1.54. The van der Waals surface area contributed by atoms with Gasteiger partial charge in [-0.1, -0.05) is 41.9 Å². The molecule has 0 fully saturated rings. The van der Waals surface area contributed by atoms with E-state index in [1.54, 1.807) is 31.3 Å². The molecule has 8 nitrogen and oxygen atoms in total. The third kappa shape index (κ3) is 6.76. The van der Waals surface area contributed by atoms with Gasteiger partial charge in [0.15, 0.2) is 0 Å². The molecule has 0 radical (unpaired) electrons. The highest BCUT2D eigenvalue weighted by atomic mass is 35.5. The Kier molecular flexibility index (Phi) is 9.43. The van der Waals surface area contributed by atoms with Crippen LogP contribution >= 0.6 is 22.9 Å². The highest BCUT2D eigenvalue weighted by Crippen LogP contribution is 2.31. The molecule has 0 bridgehead atoms. The van der Waals surface area contributed by atoms with Gasteiger partial charge < -0.3 is 24.8 Å². The SMILES string of the molecule is COc1ccc(CN(Cc2cn(-c3ccc(NCCO)cc3)nc2-c2ccccc2)C(=O)c2ccc(Cl)s2)c(OC)c1. The molecule has 2 N–H and O–H groups in total. The van der Waals surface area contributed by atoms with Crippen LogP contribution in [0.3, 0.4) is 0 Å². The number of thiophene rings is 1. The number of amides is 1. The lowest BCUT2D eigenvalue weighted by atomic mass is 10.1. The normalized spacial score (nSPS) is 10.9. The summed E-state index contributed by atoms with van der Waals surface area (Å²) in [7, 11) is 3.21. The number of hydrogen-bond donors (Lipinski definition) is 2. The maximum Gasteiger partial charge on any atom is 0.264 e. The van der Waals surface area contributed by atoms with Crippen LogP contribution in [0.15, 0.2) is 91.1 Å². The molecule has 2 aromatic heterocycles. The Bertz CT molecular complexity index is 1640. The smallest absolute Gasteiger partial charge is 0.264 e. The van der Waals surface area contributed by atoms with Gasteiger partial charge in [-0.25, -0.2) is 4.68 Å². The number of anilines is 1. The maximum absolute atomic E-state index is 13.9. The zero-order valence-corrected chi connectivity index (χ0v) is 24.9. The number of nitrogens with one attached hydrogen (secondary N) is 1. The van der Waals surface area contributed by atoms with Crippen molar-refractivity contribution in [3.8, 4) is 28.4 Å². The first-order chi connectivity index (χ1) is 20.5. The third-order valence-corrected chi connectivity index (χ3v) is 7.92. The molecule has 0 saturated heterocycles. The molecule has 10 heteroatoms. The van der Waals surface area contributed by atoms with E-state index in [4.69, 9.17) is 31.3 Å². The zero-order valence-electron chi connectivity index (χ0n) is 23.3. The molecular weight excluding hydrogens is 572 g/mol. The number of carbonyl (C=O) groups is 1. The van der Waals surface area contributed by atoms with Gasteiger partial charge in [-0.2, -0.15) is 5.10 Å². The fourth-order valence-electron chi connectivity index (χ4n) is 4.61. The molecule has 0 aliphatic heterocycles. The van der Waals surface area contributed by atoms with Gasteiger partial charge in [0.05, 0.1) is 54.5 Å². The largest absolute Gasteiger partial charge is 0.497 e. The third-order valence-electron chi connectivity index (χ3n) is 6.70. The summed E-state index contributed by atoms with van der Waals surface area (Å²) in [4.78, 5) is 16.2.